The van der Waals surface area contributed by atoms with E-state index in [1.807, 2.05) is 32.0 Å². The minimum Gasteiger partial charge on any atom is -0.457 e. The molecule has 130 valence electrons. The van der Waals surface area contributed by atoms with E-state index in [1.165, 1.54) is 6.20 Å². The minimum absolute atomic E-state index is 0.0666. The van der Waals surface area contributed by atoms with Gasteiger partial charge in [0.15, 0.2) is 5.82 Å². The fraction of sp³-hybridized carbons (Fsp3) is 0.200. The number of hydrogen-bond donors (Lipinski definition) is 0. The molecule has 0 radical (unpaired) electrons. The first-order chi connectivity index (χ1) is 12.6. The Kier molecular flexibility index (Phi) is 5.09. The van der Waals surface area contributed by atoms with Gasteiger partial charge in [-0.3, -0.25) is 0 Å². The third kappa shape index (κ3) is 3.62. The third-order valence-electron chi connectivity index (χ3n) is 3.89. The highest BCUT2D eigenvalue weighted by atomic mass is 16.5. The summed E-state index contributed by atoms with van der Waals surface area (Å²) in [5, 5.41) is 13.1. The standard InChI is InChI=1S/C20H18N4O2/c1-14(2)19-17(12-23-24(19)18-5-3-4-10-22-18)20(25)26-13-16-8-6-15(11-21)7-9-16/h3-10,12,14H,13H2,1-2H3. The molecule has 0 aliphatic rings. The van der Waals surface area contributed by atoms with Crippen molar-refractivity contribution in [3.63, 3.8) is 0 Å². The van der Waals surface area contributed by atoms with Crippen LogP contribution in [0.3, 0.4) is 0 Å². The van der Waals surface area contributed by atoms with Gasteiger partial charge in [-0.1, -0.05) is 32.0 Å². The lowest BCUT2D eigenvalue weighted by Crippen LogP contribution is -2.11. The Bertz CT molecular complexity index is 938. The van der Waals surface area contributed by atoms with Crippen LogP contribution in [0, 0.1) is 11.3 Å². The maximum absolute atomic E-state index is 12.6. The number of nitriles is 1. The molecule has 0 aliphatic carbocycles. The first-order valence-corrected chi connectivity index (χ1v) is 8.25. The van der Waals surface area contributed by atoms with Crippen molar-refractivity contribution in [2.45, 2.75) is 26.4 Å². The maximum atomic E-state index is 12.6. The number of nitrogens with zero attached hydrogens (tertiary/aromatic N) is 4. The number of carbonyl (C=O) groups is 1. The number of hydrogen-bond acceptors (Lipinski definition) is 5. The molecule has 0 aliphatic heterocycles. The van der Waals surface area contributed by atoms with Crippen LogP contribution in [-0.2, 0) is 11.3 Å². The van der Waals surface area contributed by atoms with Crippen molar-refractivity contribution in [3.05, 3.63) is 77.2 Å². The Balaban J connectivity index is 1.81. The van der Waals surface area contributed by atoms with Crippen LogP contribution in [0.1, 0.15) is 46.9 Å². The second-order valence-corrected chi connectivity index (χ2v) is 6.08. The molecule has 6 heteroatoms. The normalized spacial score (nSPS) is 10.5. The number of rotatable bonds is 5. The van der Waals surface area contributed by atoms with E-state index >= 15 is 0 Å². The van der Waals surface area contributed by atoms with Gasteiger partial charge in [-0.2, -0.15) is 10.4 Å². The van der Waals surface area contributed by atoms with E-state index in [9.17, 15) is 4.79 Å². The predicted molar refractivity (Wildman–Crippen MR) is 95.7 cm³/mol. The minimum atomic E-state index is -0.430. The summed E-state index contributed by atoms with van der Waals surface area (Å²) in [6.07, 6.45) is 3.20. The van der Waals surface area contributed by atoms with Crippen LogP contribution < -0.4 is 0 Å². The molecule has 2 aromatic heterocycles. The topological polar surface area (TPSA) is 80.8 Å². The summed E-state index contributed by atoms with van der Waals surface area (Å²) in [4.78, 5) is 16.9. The fourth-order valence-corrected chi connectivity index (χ4v) is 2.63. The van der Waals surface area contributed by atoms with Crippen molar-refractivity contribution in [3.8, 4) is 11.9 Å². The number of carbonyl (C=O) groups excluding carboxylic acids is 1. The molecule has 0 amide bonds. The molecule has 0 fully saturated rings. The smallest absolute Gasteiger partial charge is 0.341 e. The largest absolute Gasteiger partial charge is 0.457 e. The molecule has 0 unspecified atom stereocenters. The number of aromatic nitrogens is 3. The van der Waals surface area contributed by atoms with Crippen molar-refractivity contribution in [1.29, 1.82) is 5.26 Å². The van der Waals surface area contributed by atoms with Crippen molar-refractivity contribution in [2.24, 2.45) is 0 Å². The van der Waals surface area contributed by atoms with Crippen LogP contribution in [0.25, 0.3) is 5.82 Å². The van der Waals surface area contributed by atoms with Crippen LogP contribution >= 0.6 is 0 Å². The lowest BCUT2D eigenvalue weighted by Gasteiger charge is -2.12. The van der Waals surface area contributed by atoms with Crippen LogP contribution in [0.4, 0.5) is 0 Å². The highest BCUT2D eigenvalue weighted by molar-refractivity contribution is 5.90. The summed E-state index contributed by atoms with van der Waals surface area (Å²) >= 11 is 0. The molecule has 0 saturated heterocycles. The molecular weight excluding hydrogens is 328 g/mol. The summed E-state index contributed by atoms with van der Waals surface area (Å²) in [6, 6.07) is 14.5. The summed E-state index contributed by atoms with van der Waals surface area (Å²) < 4.78 is 7.10. The van der Waals surface area contributed by atoms with E-state index in [-0.39, 0.29) is 12.5 Å². The molecule has 0 N–H and O–H groups in total. The highest BCUT2D eigenvalue weighted by Crippen LogP contribution is 2.23. The Hall–Kier alpha value is -3.46. The molecule has 0 bridgehead atoms. The second kappa shape index (κ2) is 7.62. The average molecular weight is 346 g/mol. The van der Waals surface area contributed by atoms with Gasteiger partial charge < -0.3 is 4.74 Å². The Morgan fingerprint density at radius 3 is 2.62 bits per heavy atom. The van der Waals surface area contributed by atoms with Gasteiger partial charge >= 0.3 is 5.97 Å². The van der Waals surface area contributed by atoms with Crippen LogP contribution in [0.15, 0.2) is 54.9 Å². The zero-order valence-corrected chi connectivity index (χ0v) is 14.6. The van der Waals surface area contributed by atoms with E-state index in [4.69, 9.17) is 10.00 Å². The Morgan fingerprint density at radius 2 is 2.00 bits per heavy atom. The maximum Gasteiger partial charge on any atom is 0.341 e. The molecule has 3 aromatic rings. The number of esters is 1. The van der Waals surface area contributed by atoms with E-state index in [2.05, 4.69) is 16.2 Å². The van der Waals surface area contributed by atoms with Gasteiger partial charge in [-0.25, -0.2) is 14.5 Å². The monoisotopic (exact) mass is 346 g/mol. The fourth-order valence-electron chi connectivity index (χ4n) is 2.63. The molecule has 26 heavy (non-hydrogen) atoms. The molecule has 6 nitrogen and oxygen atoms in total. The first-order valence-electron chi connectivity index (χ1n) is 8.25. The van der Waals surface area contributed by atoms with Gasteiger partial charge in [0, 0.05) is 6.20 Å². The van der Waals surface area contributed by atoms with Gasteiger partial charge in [0.05, 0.1) is 23.5 Å². The Labute approximate surface area is 151 Å². The quantitative estimate of drug-likeness (QED) is 0.659. The van der Waals surface area contributed by atoms with Gasteiger partial charge in [0.25, 0.3) is 0 Å². The summed E-state index contributed by atoms with van der Waals surface area (Å²) in [5.41, 5.74) is 2.58. The van der Waals surface area contributed by atoms with E-state index in [0.717, 1.165) is 11.3 Å². The second-order valence-electron chi connectivity index (χ2n) is 6.08. The highest BCUT2D eigenvalue weighted by Gasteiger charge is 2.22. The zero-order valence-electron chi connectivity index (χ0n) is 14.6. The van der Waals surface area contributed by atoms with Gasteiger partial charge in [-0.15, -0.1) is 0 Å². The first kappa shape index (κ1) is 17.4. The zero-order chi connectivity index (χ0) is 18.5. The van der Waals surface area contributed by atoms with Crippen LogP contribution in [-0.4, -0.2) is 20.7 Å². The molecule has 0 saturated carbocycles. The Morgan fingerprint density at radius 1 is 1.23 bits per heavy atom. The van der Waals surface area contributed by atoms with E-state index < -0.39 is 5.97 Å². The molecule has 2 heterocycles. The van der Waals surface area contributed by atoms with Crippen LogP contribution in [0.2, 0.25) is 0 Å². The average Bonchev–Trinajstić information content (AvgIpc) is 3.13. The number of ether oxygens (including phenoxy) is 1. The van der Waals surface area contributed by atoms with E-state index in [1.54, 1.807) is 35.1 Å². The van der Waals surface area contributed by atoms with Gasteiger partial charge in [-0.05, 0) is 35.7 Å². The van der Waals surface area contributed by atoms with Gasteiger partial charge in [0.1, 0.15) is 12.2 Å². The molecule has 0 atom stereocenters. The number of benzene rings is 1. The summed E-state index contributed by atoms with van der Waals surface area (Å²) in [7, 11) is 0. The summed E-state index contributed by atoms with van der Waals surface area (Å²) in [5.74, 6) is 0.291. The molecular formula is C20H18N4O2. The van der Waals surface area contributed by atoms with Crippen LogP contribution in [0.5, 0.6) is 0 Å². The molecule has 0 spiro atoms. The molecule has 1 aromatic carbocycles. The lowest BCUT2D eigenvalue weighted by molar-refractivity contribution is 0.0471. The van der Waals surface area contributed by atoms with Gasteiger partial charge in [0.2, 0.25) is 0 Å². The number of pyridine rings is 1. The van der Waals surface area contributed by atoms with E-state index in [0.29, 0.717) is 16.9 Å². The van der Waals surface area contributed by atoms with Crippen molar-refractivity contribution >= 4 is 5.97 Å². The summed E-state index contributed by atoms with van der Waals surface area (Å²) in [6.45, 7) is 4.12. The van der Waals surface area contributed by atoms with Crippen molar-refractivity contribution in [1.82, 2.24) is 14.8 Å². The van der Waals surface area contributed by atoms with Crippen molar-refractivity contribution < 1.29 is 9.53 Å². The van der Waals surface area contributed by atoms with Crippen molar-refractivity contribution in [2.75, 3.05) is 0 Å². The molecule has 3 rings (SSSR count). The lowest BCUT2D eigenvalue weighted by atomic mass is 10.1. The third-order valence-corrected chi connectivity index (χ3v) is 3.89. The SMILES string of the molecule is CC(C)c1c(C(=O)OCc2ccc(C#N)cc2)cnn1-c1ccccn1. The predicted octanol–water partition coefficient (Wildman–Crippen LogP) is 3.62.